The molecule has 1 aromatic carbocycles. The number of carbonyl (C=O) groups excluding carboxylic acids is 1. The topological polar surface area (TPSA) is 46.3 Å². The zero-order valence-corrected chi connectivity index (χ0v) is 11.0. The number of rotatable bonds is 2. The van der Waals surface area contributed by atoms with Crippen molar-refractivity contribution >= 4 is 27.3 Å². The molecule has 2 heterocycles. The molecule has 3 nitrogen and oxygen atoms in total. The summed E-state index contributed by atoms with van der Waals surface area (Å²) in [5, 5.41) is 3.05. The normalized spacial score (nSPS) is 19.6. The van der Waals surface area contributed by atoms with E-state index in [9.17, 15) is 4.79 Å². The summed E-state index contributed by atoms with van der Waals surface area (Å²) in [5.41, 5.74) is 6.51. The predicted molar refractivity (Wildman–Crippen MR) is 74.9 cm³/mol. The lowest BCUT2D eigenvalue weighted by Gasteiger charge is -2.15. The van der Waals surface area contributed by atoms with Gasteiger partial charge in [0.1, 0.15) is 0 Å². The van der Waals surface area contributed by atoms with E-state index < -0.39 is 0 Å². The minimum atomic E-state index is 0.156. The number of fused-ring (bicyclic) bond motifs is 1. The second-order valence-corrected chi connectivity index (χ2v) is 5.70. The molecule has 0 spiro atoms. The van der Waals surface area contributed by atoms with Crippen molar-refractivity contribution in [2.75, 3.05) is 19.6 Å². The zero-order valence-electron chi connectivity index (χ0n) is 10.1. The molecule has 1 unspecified atom stereocenters. The maximum absolute atomic E-state index is 12.5. The van der Waals surface area contributed by atoms with Crippen LogP contribution in [-0.2, 0) is 0 Å². The van der Waals surface area contributed by atoms with Gasteiger partial charge in [0.2, 0.25) is 0 Å². The fourth-order valence-corrected chi connectivity index (χ4v) is 3.46. The summed E-state index contributed by atoms with van der Waals surface area (Å²) in [6, 6.07) is 8.07. The lowest BCUT2D eigenvalue weighted by atomic mass is 10.1. The monoisotopic (exact) mass is 260 g/mol. The molecule has 1 fully saturated rings. The SMILES string of the molecule is NCC1CCN(C(=O)c2csc3ccccc23)C1. The molecule has 4 heteroatoms. The van der Waals surface area contributed by atoms with E-state index >= 15 is 0 Å². The first-order valence-corrected chi connectivity index (χ1v) is 7.13. The van der Waals surface area contributed by atoms with Gasteiger partial charge in [0.15, 0.2) is 0 Å². The summed E-state index contributed by atoms with van der Waals surface area (Å²) in [6.45, 7) is 2.32. The van der Waals surface area contributed by atoms with Gasteiger partial charge in [-0.15, -0.1) is 11.3 Å². The van der Waals surface area contributed by atoms with E-state index in [1.54, 1.807) is 11.3 Å². The number of hydrogen-bond donors (Lipinski definition) is 1. The number of likely N-dealkylation sites (tertiary alicyclic amines) is 1. The number of hydrogen-bond acceptors (Lipinski definition) is 3. The van der Waals surface area contributed by atoms with Gasteiger partial charge in [-0.25, -0.2) is 0 Å². The van der Waals surface area contributed by atoms with E-state index in [4.69, 9.17) is 5.73 Å². The minimum Gasteiger partial charge on any atom is -0.338 e. The molecule has 0 radical (unpaired) electrons. The number of nitrogens with two attached hydrogens (primary N) is 1. The molecule has 2 N–H and O–H groups in total. The Balaban J connectivity index is 1.89. The third kappa shape index (κ3) is 1.91. The second kappa shape index (κ2) is 4.71. The molecular weight excluding hydrogens is 244 g/mol. The Morgan fingerprint density at radius 3 is 3.06 bits per heavy atom. The van der Waals surface area contributed by atoms with Crippen molar-refractivity contribution in [2.45, 2.75) is 6.42 Å². The highest BCUT2D eigenvalue weighted by Gasteiger charge is 2.27. The van der Waals surface area contributed by atoms with Crippen LogP contribution in [0.25, 0.3) is 10.1 Å². The zero-order chi connectivity index (χ0) is 12.5. The van der Waals surface area contributed by atoms with Crippen LogP contribution < -0.4 is 5.73 Å². The maximum Gasteiger partial charge on any atom is 0.255 e. The number of nitrogens with zero attached hydrogens (tertiary/aromatic N) is 1. The third-order valence-electron chi connectivity index (χ3n) is 3.62. The fraction of sp³-hybridized carbons (Fsp3) is 0.357. The largest absolute Gasteiger partial charge is 0.338 e. The summed E-state index contributed by atoms with van der Waals surface area (Å²) in [7, 11) is 0. The van der Waals surface area contributed by atoms with Crippen molar-refractivity contribution < 1.29 is 4.79 Å². The molecule has 3 rings (SSSR count). The van der Waals surface area contributed by atoms with Crippen molar-refractivity contribution in [2.24, 2.45) is 11.7 Å². The van der Waals surface area contributed by atoms with Crippen molar-refractivity contribution in [3.05, 3.63) is 35.2 Å². The Kier molecular flexibility index (Phi) is 3.06. The highest BCUT2D eigenvalue weighted by molar-refractivity contribution is 7.17. The average molecular weight is 260 g/mol. The molecule has 1 saturated heterocycles. The molecule has 1 amide bonds. The summed E-state index contributed by atoms with van der Waals surface area (Å²) in [6.07, 6.45) is 1.03. The molecule has 1 aromatic heterocycles. The van der Waals surface area contributed by atoms with Crippen LogP contribution in [0.2, 0.25) is 0 Å². The first-order chi connectivity index (χ1) is 8.79. The first kappa shape index (κ1) is 11.7. The Labute approximate surface area is 110 Å². The van der Waals surface area contributed by atoms with Gasteiger partial charge in [-0.2, -0.15) is 0 Å². The number of amides is 1. The number of benzene rings is 1. The average Bonchev–Trinajstić information content (AvgIpc) is 3.04. The maximum atomic E-state index is 12.5. The smallest absolute Gasteiger partial charge is 0.255 e. The van der Waals surface area contributed by atoms with Gasteiger partial charge in [0.25, 0.3) is 5.91 Å². The predicted octanol–water partition coefficient (Wildman–Crippen LogP) is 2.32. The van der Waals surface area contributed by atoms with Crippen LogP contribution in [-0.4, -0.2) is 30.4 Å². The van der Waals surface area contributed by atoms with E-state index in [1.807, 2.05) is 28.5 Å². The van der Waals surface area contributed by atoms with Gasteiger partial charge in [-0.05, 0) is 24.9 Å². The van der Waals surface area contributed by atoms with Gasteiger partial charge < -0.3 is 10.6 Å². The Morgan fingerprint density at radius 1 is 1.44 bits per heavy atom. The van der Waals surface area contributed by atoms with Crippen molar-refractivity contribution in [1.82, 2.24) is 4.90 Å². The minimum absolute atomic E-state index is 0.156. The van der Waals surface area contributed by atoms with Crippen molar-refractivity contribution in [3.8, 4) is 0 Å². The third-order valence-corrected chi connectivity index (χ3v) is 4.58. The lowest BCUT2D eigenvalue weighted by Crippen LogP contribution is -2.29. The summed E-state index contributed by atoms with van der Waals surface area (Å²) in [5.74, 6) is 0.627. The molecule has 1 aliphatic heterocycles. The van der Waals surface area contributed by atoms with Crippen LogP contribution in [0.5, 0.6) is 0 Å². The van der Waals surface area contributed by atoms with E-state index in [1.165, 1.54) is 4.70 Å². The summed E-state index contributed by atoms with van der Waals surface area (Å²) in [4.78, 5) is 14.4. The molecule has 0 bridgehead atoms. The van der Waals surface area contributed by atoms with E-state index in [-0.39, 0.29) is 5.91 Å². The molecule has 2 aromatic rings. The molecule has 1 atom stereocenters. The Hall–Kier alpha value is -1.39. The molecule has 18 heavy (non-hydrogen) atoms. The van der Waals surface area contributed by atoms with Gasteiger partial charge >= 0.3 is 0 Å². The number of thiophene rings is 1. The van der Waals surface area contributed by atoms with Crippen LogP contribution in [0.1, 0.15) is 16.8 Å². The summed E-state index contributed by atoms with van der Waals surface area (Å²) < 4.78 is 1.18. The van der Waals surface area contributed by atoms with Gasteiger partial charge in [0.05, 0.1) is 5.56 Å². The molecular formula is C14H16N2OS. The fourth-order valence-electron chi connectivity index (χ4n) is 2.52. The van der Waals surface area contributed by atoms with Gasteiger partial charge in [-0.1, -0.05) is 18.2 Å². The summed E-state index contributed by atoms with van der Waals surface area (Å²) >= 11 is 1.64. The second-order valence-electron chi connectivity index (χ2n) is 4.79. The Morgan fingerprint density at radius 2 is 2.28 bits per heavy atom. The molecule has 0 aliphatic carbocycles. The van der Waals surface area contributed by atoms with E-state index in [2.05, 4.69) is 6.07 Å². The van der Waals surface area contributed by atoms with Crippen molar-refractivity contribution in [3.63, 3.8) is 0 Å². The molecule has 94 valence electrons. The van der Waals surface area contributed by atoms with Crippen LogP contribution in [0, 0.1) is 5.92 Å². The van der Waals surface area contributed by atoms with Crippen LogP contribution in [0.15, 0.2) is 29.6 Å². The van der Waals surface area contributed by atoms with Crippen LogP contribution in [0.3, 0.4) is 0 Å². The first-order valence-electron chi connectivity index (χ1n) is 6.25. The highest BCUT2D eigenvalue weighted by Crippen LogP contribution is 2.28. The standard InChI is InChI=1S/C14H16N2OS/c15-7-10-5-6-16(8-10)14(17)12-9-18-13-4-2-1-3-11(12)13/h1-4,9-10H,5-8,15H2. The van der Waals surface area contributed by atoms with E-state index in [0.717, 1.165) is 30.5 Å². The quantitative estimate of drug-likeness (QED) is 0.900. The Bertz CT molecular complexity index is 578. The highest BCUT2D eigenvalue weighted by atomic mass is 32.1. The molecule has 1 aliphatic rings. The lowest BCUT2D eigenvalue weighted by molar-refractivity contribution is 0.0790. The van der Waals surface area contributed by atoms with Gasteiger partial charge in [-0.3, -0.25) is 4.79 Å². The molecule has 0 saturated carbocycles. The van der Waals surface area contributed by atoms with Crippen LogP contribution in [0.4, 0.5) is 0 Å². The van der Waals surface area contributed by atoms with Crippen molar-refractivity contribution in [1.29, 1.82) is 0 Å². The number of carbonyl (C=O) groups is 1. The van der Waals surface area contributed by atoms with E-state index in [0.29, 0.717) is 12.5 Å². The van der Waals surface area contributed by atoms with Gasteiger partial charge in [0, 0.05) is 28.6 Å². The van der Waals surface area contributed by atoms with Crippen LogP contribution >= 0.6 is 11.3 Å².